The van der Waals surface area contributed by atoms with Crippen molar-refractivity contribution in [2.45, 2.75) is 0 Å². The van der Waals surface area contributed by atoms with E-state index in [0.29, 0.717) is 5.15 Å². The number of nitrogens with zero attached hydrogens (tertiary/aromatic N) is 2. The SMILES string of the molecule is Clc1nc(-c2ccc3ccccc3c2)n2c1ccc1ccccc12. The average Bonchev–Trinajstić information content (AvgIpc) is 2.98. The second kappa shape index (κ2) is 5.08. The smallest absolute Gasteiger partial charge is 0.155 e. The highest BCUT2D eigenvalue weighted by molar-refractivity contribution is 6.33. The van der Waals surface area contributed by atoms with Crippen LogP contribution in [0.15, 0.2) is 78.9 Å². The third kappa shape index (κ3) is 1.93. The maximum Gasteiger partial charge on any atom is 0.155 e. The number of aromatic nitrogens is 2. The maximum atomic E-state index is 6.41. The van der Waals surface area contributed by atoms with Gasteiger partial charge >= 0.3 is 0 Å². The van der Waals surface area contributed by atoms with Gasteiger partial charge in [-0.15, -0.1) is 0 Å². The molecule has 3 aromatic carbocycles. The van der Waals surface area contributed by atoms with Crippen molar-refractivity contribution in [3.8, 4) is 11.4 Å². The molecule has 0 atom stereocenters. The number of rotatable bonds is 1. The van der Waals surface area contributed by atoms with Crippen LogP contribution in [0.3, 0.4) is 0 Å². The third-order valence-corrected chi connectivity index (χ3v) is 4.75. The Hall–Kier alpha value is -2.84. The van der Waals surface area contributed by atoms with E-state index in [1.165, 1.54) is 16.2 Å². The van der Waals surface area contributed by atoms with Crippen molar-refractivity contribution >= 4 is 38.8 Å². The van der Waals surface area contributed by atoms with Crippen LogP contribution in [0.2, 0.25) is 5.15 Å². The van der Waals surface area contributed by atoms with E-state index in [2.05, 4.69) is 70.0 Å². The Morgan fingerprint density at radius 2 is 1.38 bits per heavy atom. The molecule has 0 aliphatic heterocycles. The van der Waals surface area contributed by atoms with Crippen LogP contribution in [0, 0.1) is 0 Å². The molecule has 2 aromatic heterocycles. The number of para-hydroxylation sites is 1. The second-order valence-electron chi connectivity index (χ2n) is 5.90. The van der Waals surface area contributed by atoms with Crippen LogP contribution < -0.4 is 0 Å². The minimum atomic E-state index is 0.531. The number of hydrogen-bond acceptors (Lipinski definition) is 1. The topological polar surface area (TPSA) is 17.3 Å². The normalized spacial score (nSPS) is 11.5. The van der Waals surface area contributed by atoms with Crippen molar-refractivity contribution in [3.63, 3.8) is 0 Å². The minimum absolute atomic E-state index is 0.531. The van der Waals surface area contributed by atoms with Crippen molar-refractivity contribution in [3.05, 3.63) is 84.0 Å². The number of hydrogen-bond donors (Lipinski definition) is 0. The molecule has 0 spiro atoms. The van der Waals surface area contributed by atoms with Crippen LogP contribution in [0.1, 0.15) is 0 Å². The summed E-state index contributed by atoms with van der Waals surface area (Å²) in [7, 11) is 0. The van der Waals surface area contributed by atoms with E-state index < -0.39 is 0 Å². The molecule has 0 amide bonds. The third-order valence-electron chi connectivity index (χ3n) is 4.47. The van der Waals surface area contributed by atoms with Gasteiger partial charge in [0.2, 0.25) is 0 Å². The van der Waals surface area contributed by atoms with Crippen molar-refractivity contribution in [1.29, 1.82) is 0 Å². The van der Waals surface area contributed by atoms with Crippen molar-refractivity contribution < 1.29 is 0 Å². The van der Waals surface area contributed by atoms with Crippen LogP contribution in [0.25, 0.3) is 38.6 Å². The Kier molecular flexibility index (Phi) is 2.88. The van der Waals surface area contributed by atoms with Gasteiger partial charge in [0.05, 0.1) is 11.0 Å². The van der Waals surface area contributed by atoms with Gasteiger partial charge in [0.25, 0.3) is 0 Å². The zero-order valence-corrected chi connectivity index (χ0v) is 13.5. The highest BCUT2D eigenvalue weighted by Gasteiger charge is 2.14. The molecule has 0 aliphatic rings. The molecule has 0 bridgehead atoms. The quantitative estimate of drug-likeness (QED) is 0.371. The first-order valence-corrected chi connectivity index (χ1v) is 8.24. The van der Waals surface area contributed by atoms with Crippen LogP contribution in [-0.2, 0) is 0 Å². The molecule has 2 heterocycles. The van der Waals surface area contributed by atoms with E-state index in [-0.39, 0.29) is 0 Å². The first-order chi connectivity index (χ1) is 11.8. The van der Waals surface area contributed by atoms with E-state index in [9.17, 15) is 0 Å². The zero-order chi connectivity index (χ0) is 16.1. The molecule has 5 rings (SSSR count). The summed E-state index contributed by atoms with van der Waals surface area (Å²) in [5.41, 5.74) is 3.10. The second-order valence-corrected chi connectivity index (χ2v) is 6.26. The Morgan fingerprint density at radius 1 is 0.667 bits per heavy atom. The minimum Gasteiger partial charge on any atom is -0.291 e. The van der Waals surface area contributed by atoms with Gasteiger partial charge in [-0.1, -0.05) is 72.3 Å². The molecule has 3 heteroatoms. The van der Waals surface area contributed by atoms with Gasteiger partial charge in [-0.2, -0.15) is 0 Å². The molecule has 0 N–H and O–H groups in total. The molecule has 2 nitrogen and oxygen atoms in total. The van der Waals surface area contributed by atoms with Gasteiger partial charge in [-0.25, -0.2) is 4.98 Å². The van der Waals surface area contributed by atoms with E-state index >= 15 is 0 Å². The monoisotopic (exact) mass is 328 g/mol. The van der Waals surface area contributed by atoms with Crippen LogP contribution in [0.5, 0.6) is 0 Å². The maximum absolute atomic E-state index is 6.41. The molecule has 114 valence electrons. The predicted molar refractivity (Wildman–Crippen MR) is 101 cm³/mol. The molecular formula is C21H13ClN2. The van der Waals surface area contributed by atoms with Gasteiger partial charge in [-0.3, -0.25) is 4.40 Å². The lowest BCUT2D eigenvalue weighted by molar-refractivity contribution is 1.22. The Bertz CT molecular complexity index is 1220. The molecule has 0 saturated heterocycles. The molecule has 0 aliphatic carbocycles. The van der Waals surface area contributed by atoms with Crippen LogP contribution >= 0.6 is 11.6 Å². The van der Waals surface area contributed by atoms with Gasteiger partial charge in [-0.05, 0) is 34.4 Å². The fourth-order valence-electron chi connectivity index (χ4n) is 3.32. The van der Waals surface area contributed by atoms with E-state index in [0.717, 1.165) is 22.4 Å². The number of benzene rings is 3. The van der Waals surface area contributed by atoms with Crippen LogP contribution in [0.4, 0.5) is 0 Å². The lowest BCUT2D eigenvalue weighted by atomic mass is 10.1. The molecule has 5 aromatic rings. The lowest BCUT2D eigenvalue weighted by Crippen LogP contribution is -1.92. The van der Waals surface area contributed by atoms with Gasteiger partial charge in [0.1, 0.15) is 5.82 Å². The van der Waals surface area contributed by atoms with Gasteiger partial charge in [0.15, 0.2) is 5.15 Å². The Balaban J connectivity index is 1.89. The summed E-state index contributed by atoms with van der Waals surface area (Å²) in [5, 5.41) is 4.12. The van der Waals surface area contributed by atoms with E-state index in [1.807, 2.05) is 18.2 Å². The molecular weight excluding hydrogens is 316 g/mol. The Labute approximate surface area is 143 Å². The van der Waals surface area contributed by atoms with Crippen molar-refractivity contribution in [2.24, 2.45) is 0 Å². The highest BCUT2D eigenvalue weighted by Crippen LogP contribution is 2.31. The average molecular weight is 329 g/mol. The summed E-state index contributed by atoms with van der Waals surface area (Å²) in [6, 6.07) is 27.2. The molecule has 0 fully saturated rings. The zero-order valence-electron chi connectivity index (χ0n) is 12.8. The summed E-state index contributed by atoms with van der Waals surface area (Å²) < 4.78 is 2.14. The largest absolute Gasteiger partial charge is 0.291 e. The van der Waals surface area contributed by atoms with Gasteiger partial charge in [0, 0.05) is 5.56 Å². The molecule has 0 saturated carbocycles. The Morgan fingerprint density at radius 3 is 2.25 bits per heavy atom. The van der Waals surface area contributed by atoms with E-state index in [1.54, 1.807) is 0 Å². The standard InChI is InChI=1S/C21H13ClN2/c22-20-19-12-11-15-6-3-4-8-18(15)24(19)21(23-20)17-10-9-14-5-1-2-7-16(14)13-17/h1-13H. The predicted octanol–water partition coefficient (Wildman–Crippen LogP) is 5.96. The first kappa shape index (κ1) is 13.6. The lowest BCUT2D eigenvalue weighted by Gasteiger charge is -2.07. The molecule has 0 unspecified atom stereocenters. The number of imidazole rings is 1. The van der Waals surface area contributed by atoms with Gasteiger partial charge < -0.3 is 0 Å². The van der Waals surface area contributed by atoms with E-state index in [4.69, 9.17) is 11.6 Å². The molecule has 0 radical (unpaired) electrons. The number of halogens is 1. The first-order valence-electron chi connectivity index (χ1n) is 7.86. The number of fused-ring (bicyclic) bond motifs is 4. The summed E-state index contributed by atoms with van der Waals surface area (Å²) in [6.45, 7) is 0. The summed E-state index contributed by atoms with van der Waals surface area (Å²) >= 11 is 6.41. The van der Waals surface area contributed by atoms with Crippen molar-refractivity contribution in [1.82, 2.24) is 9.38 Å². The highest BCUT2D eigenvalue weighted by atomic mass is 35.5. The summed E-state index contributed by atoms with van der Waals surface area (Å²) in [6.07, 6.45) is 0. The number of pyridine rings is 1. The summed E-state index contributed by atoms with van der Waals surface area (Å²) in [4.78, 5) is 4.65. The fraction of sp³-hybridized carbons (Fsp3) is 0. The van der Waals surface area contributed by atoms with Crippen LogP contribution in [-0.4, -0.2) is 9.38 Å². The fourth-order valence-corrected chi connectivity index (χ4v) is 3.54. The summed E-state index contributed by atoms with van der Waals surface area (Å²) in [5.74, 6) is 0.873. The molecule has 24 heavy (non-hydrogen) atoms. The van der Waals surface area contributed by atoms with Crippen molar-refractivity contribution in [2.75, 3.05) is 0 Å².